The molecule has 0 radical (unpaired) electrons. The maximum Gasteiger partial charge on any atom is 0.146 e. The summed E-state index contributed by atoms with van der Waals surface area (Å²) in [4.78, 5) is 4.14. The van der Waals surface area contributed by atoms with Crippen LogP contribution in [0.15, 0.2) is 30.6 Å². The van der Waals surface area contributed by atoms with E-state index in [1.807, 2.05) is 30.9 Å². The van der Waals surface area contributed by atoms with Gasteiger partial charge in [0.1, 0.15) is 24.0 Å². The largest absolute Gasteiger partial charge is 0.486 e. The summed E-state index contributed by atoms with van der Waals surface area (Å²) in [7, 11) is 3.71. The molecule has 96 valence electrons. The van der Waals surface area contributed by atoms with Crippen LogP contribution < -0.4 is 10.1 Å². The summed E-state index contributed by atoms with van der Waals surface area (Å²) in [6.45, 7) is 0.933. The molecule has 0 spiro atoms. The fraction of sp³-hybridized carbons (Fsp3) is 0.308. The van der Waals surface area contributed by atoms with E-state index in [2.05, 4.69) is 10.3 Å². The maximum atomic E-state index is 13.4. The third kappa shape index (κ3) is 3.07. The summed E-state index contributed by atoms with van der Waals surface area (Å²) in [6, 6.07) is 4.69. The topological polar surface area (TPSA) is 39.1 Å². The highest BCUT2D eigenvalue weighted by molar-refractivity contribution is 5.29. The maximum absolute atomic E-state index is 13.4. The van der Waals surface area contributed by atoms with E-state index in [1.54, 1.807) is 6.20 Å². The van der Waals surface area contributed by atoms with Crippen LogP contribution in [0.2, 0.25) is 0 Å². The van der Waals surface area contributed by atoms with Gasteiger partial charge in [0, 0.05) is 32.1 Å². The summed E-state index contributed by atoms with van der Waals surface area (Å²) in [5, 5.41) is 2.98. The zero-order valence-corrected chi connectivity index (χ0v) is 10.5. The molecule has 0 amide bonds. The van der Waals surface area contributed by atoms with Crippen LogP contribution >= 0.6 is 0 Å². The van der Waals surface area contributed by atoms with E-state index >= 15 is 0 Å². The molecule has 1 aromatic heterocycles. The molecule has 1 N–H and O–H groups in total. The minimum atomic E-state index is -0.294. The number of aromatic nitrogens is 2. The molecule has 0 atom stereocenters. The second-order valence-electron chi connectivity index (χ2n) is 4.07. The Morgan fingerprint density at radius 1 is 1.39 bits per heavy atom. The van der Waals surface area contributed by atoms with Crippen molar-refractivity contribution in [2.45, 2.75) is 13.2 Å². The molecule has 4 nitrogen and oxygen atoms in total. The van der Waals surface area contributed by atoms with Crippen LogP contribution in [0.25, 0.3) is 0 Å². The van der Waals surface area contributed by atoms with Gasteiger partial charge in [-0.2, -0.15) is 0 Å². The van der Waals surface area contributed by atoms with Crippen molar-refractivity contribution in [3.05, 3.63) is 47.8 Å². The second-order valence-corrected chi connectivity index (χ2v) is 4.07. The lowest BCUT2D eigenvalue weighted by atomic mass is 10.2. The number of halogens is 1. The molecule has 2 rings (SSSR count). The van der Waals surface area contributed by atoms with Crippen LogP contribution in [0, 0.1) is 5.82 Å². The van der Waals surface area contributed by atoms with Gasteiger partial charge in [-0.25, -0.2) is 9.37 Å². The van der Waals surface area contributed by atoms with Crippen molar-refractivity contribution < 1.29 is 9.13 Å². The first-order chi connectivity index (χ1) is 8.69. The second kappa shape index (κ2) is 5.64. The fourth-order valence-corrected chi connectivity index (χ4v) is 1.69. The van der Waals surface area contributed by atoms with E-state index in [4.69, 9.17) is 4.74 Å². The molecule has 2 aromatic rings. The Bertz CT molecular complexity index is 525. The average molecular weight is 249 g/mol. The van der Waals surface area contributed by atoms with Crippen LogP contribution in [0.5, 0.6) is 5.75 Å². The van der Waals surface area contributed by atoms with Gasteiger partial charge in [0.25, 0.3) is 0 Å². The molecule has 0 aliphatic heterocycles. The van der Waals surface area contributed by atoms with E-state index < -0.39 is 0 Å². The number of hydrogen-bond donors (Lipinski definition) is 1. The van der Waals surface area contributed by atoms with Crippen molar-refractivity contribution >= 4 is 0 Å². The van der Waals surface area contributed by atoms with Crippen LogP contribution in [0.3, 0.4) is 0 Å². The van der Waals surface area contributed by atoms with Gasteiger partial charge in [0.2, 0.25) is 0 Å². The Morgan fingerprint density at radius 2 is 2.22 bits per heavy atom. The van der Waals surface area contributed by atoms with Gasteiger partial charge in [0.05, 0.1) is 0 Å². The van der Waals surface area contributed by atoms with Crippen molar-refractivity contribution in [2.75, 3.05) is 7.05 Å². The van der Waals surface area contributed by atoms with Crippen LogP contribution in [0.1, 0.15) is 11.4 Å². The van der Waals surface area contributed by atoms with E-state index in [9.17, 15) is 4.39 Å². The zero-order chi connectivity index (χ0) is 13.0. The number of nitrogens with one attached hydrogen (secondary N) is 1. The van der Waals surface area contributed by atoms with Crippen molar-refractivity contribution in [3.63, 3.8) is 0 Å². The first-order valence-electron chi connectivity index (χ1n) is 5.72. The number of imidazole rings is 1. The van der Waals surface area contributed by atoms with Crippen molar-refractivity contribution in [2.24, 2.45) is 7.05 Å². The van der Waals surface area contributed by atoms with Crippen molar-refractivity contribution in [1.29, 1.82) is 0 Å². The average Bonchev–Trinajstić information content (AvgIpc) is 2.72. The third-order valence-corrected chi connectivity index (χ3v) is 2.60. The van der Waals surface area contributed by atoms with E-state index in [-0.39, 0.29) is 5.82 Å². The van der Waals surface area contributed by atoms with Crippen LogP contribution in [-0.2, 0) is 20.2 Å². The summed E-state index contributed by atoms with van der Waals surface area (Å²) in [5.41, 5.74) is 0.854. The van der Waals surface area contributed by atoms with E-state index in [0.717, 1.165) is 11.4 Å². The van der Waals surface area contributed by atoms with Gasteiger partial charge in [-0.15, -0.1) is 0 Å². The minimum absolute atomic E-state index is 0.294. The number of rotatable bonds is 5. The lowest BCUT2D eigenvalue weighted by molar-refractivity contribution is 0.290. The van der Waals surface area contributed by atoms with E-state index in [0.29, 0.717) is 18.9 Å². The quantitative estimate of drug-likeness (QED) is 0.879. The molecule has 0 aliphatic rings. The van der Waals surface area contributed by atoms with Gasteiger partial charge in [-0.05, 0) is 24.7 Å². The minimum Gasteiger partial charge on any atom is -0.486 e. The molecule has 0 aliphatic carbocycles. The van der Waals surface area contributed by atoms with Crippen LogP contribution in [-0.4, -0.2) is 16.6 Å². The Balaban J connectivity index is 2.07. The number of hydrogen-bond acceptors (Lipinski definition) is 3. The summed E-state index contributed by atoms with van der Waals surface area (Å²) < 4.78 is 20.8. The monoisotopic (exact) mass is 249 g/mol. The number of nitrogens with zero attached hydrogens (tertiary/aromatic N) is 2. The fourth-order valence-electron chi connectivity index (χ4n) is 1.69. The Morgan fingerprint density at radius 3 is 2.89 bits per heavy atom. The Hall–Kier alpha value is -1.88. The molecule has 0 saturated heterocycles. The predicted octanol–water partition coefficient (Wildman–Crippen LogP) is 1.86. The lowest BCUT2D eigenvalue weighted by Crippen LogP contribution is -2.07. The summed E-state index contributed by atoms with van der Waals surface area (Å²) in [6.07, 6.45) is 3.55. The number of aryl methyl sites for hydroxylation is 1. The molecule has 0 fully saturated rings. The lowest BCUT2D eigenvalue weighted by Gasteiger charge is -2.08. The Labute approximate surface area is 105 Å². The highest BCUT2D eigenvalue weighted by atomic mass is 19.1. The molecule has 18 heavy (non-hydrogen) atoms. The molecule has 0 bridgehead atoms. The van der Waals surface area contributed by atoms with Gasteiger partial charge in [-0.1, -0.05) is 0 Å². The SMILES string of the molecule is CNCc1cc(F)cc(OCc2nccn2C)c1. The van der Waals surface area contributed by atoms with Gasteiger partial charge in [0.15, 0.2) is 0 Å². The smallest absolute Gasteiger partial charge is 0.146 e. The molecule has 5 heteroatoms. The number of benzene rings is 1. The Kier molecular flexibility index (Phi) is 3.94. The van der Waals surface area contributed by atoms with Crippen molar-refractivity contribution in [3.8, 4) is 5.75 Å². The predicted molar refractivity (Wildman–Crippen MR) is 66.7 cm³/mol. The van der Waals surface area contributed by atoms with Crippen molar-refractivity contribution in [1.82, 2.24) is 14.9 Å². The zero-order valence-electron chi connectivity index (χ0n) is 10.5. The summed E-state index contributed by atoms with van der Waals surface area (Å²) in [5.74, 6) is 1.02. The molecule has 1 aromatic carbocycles. The molecule has 0 unspecified atom stereocenters. The molecule has 1 heterocycles. The van der Waals surface area contributed by atoms with Gasteiger partial charge in [-0.3, -0.25) is 0 Å². The first kappa shape index (κ1) is 12.6. The molecular formula is C13H16FN3O. The van der Waals surface area contributed by atoms with E-state index in [1.165, 1.54) is 12.1 Å². The first-order valence-corrected chi connectivity index (χ1v) is 5.72. The molecular weight excluding hydrogens is 233 g/mol. The third-order valence-electron chi connectivity index (χ3n) is 2.60. The van der Waals surface area contributed by atoms with Gasteiger partial charge < -0.3 is 14.6 Å². The highest BCUT2D eigenvalue weighted by Gasteiger charge is 2.04. The molecule has 0 saturated carbocycles. The van der Waals surface area contributed by atoms with Crippen LogP contribution in [0.4, 0.5) is 4.39 Å². The standard InChI is InChI=1S/C13H16FN3O/c1-15-8-10-5-11(14)7-12(6-10)18-9-13-16-3-4-17(13)2/h3-7,15H,8-9H2,1-2H3. The highest BCUT2D eigenvalue weighted by Crippen LogP contribution is 2.17. The number of ether oxygens (including phenoxy) is 1. The van der Waals surface area contributed by atoms with Gasteiger partial charge >= 0.3 is 0 Å². The summed E-state index contributed by atoms with van der Waals surface area (Å²) >= 11 is 0. The normalized spacial score (nSPS) is 10.6.